The standard InChI is InChI=1S/C12H15BrO4S/c1-18(16,17)6-5-10(12(14)15)7-9-3-2-4-11(13)8-9/h2-4,8,10H,5-7H2,1H3,(H,14,15)/t10-/m0/s1. The van der Waals surface area contributed by atoms with Crippen LogP contribution < -0.4 is 0 Å². The van der Waals surface area contributed by atoms with Crippen molar-refractivity contribution in [3.05, 3.63) is 34.3 Å². The normalized spacial score (nSPS) is 13.2. The van der Waals surface area contributed by atoms with Crippen molar-refractivity contribution in [2.24, 2.45) is 5.92 Å². The van der Waals surface area contributed by atoms with Crippen molar-refractivity contribution < 1.29 is 18.3 Å². The molecule has 0 amide bonds. The summed E-state index contributed by atoms with van der Waals surface area (Å²) >= 11 is 3.32. The predicted octanol–water partition coefficient (Wildman–Crippen LogP) is 2.13. The molecule has 0 bridgehead atoms. The first-order valence-corrected chi connectivity index (χ1v) is 8.28. The zero-order valence-electron chi connectivity index (χ0n) is 9.97. The van der Waals surface area contributed by atoms with Gasteiger partial charge < -0.3 is 5.11 Å². The number of carboxylic acid groups (broad SMARTS) is 1. The number of hydrogen-bond acceptors (Lipinski definition) is 3. The Balaban J connectivity index is 2.72. The molecule has 0 aliphatic carbocycles. The Morgan fingerprint density at radius 3 is 2.61 bits per heavy atom. The molecule has 1 atom stereocenters. The molecule has 0 saturated heterocycles. The molecule has 0 saturated carbocycles. The fraction of sp³-hybridized carbons (Fsp3) is 0.417. The lowest BCUT2D eigenvalue weighted by Crippen LogP contribution is -2.20. The van der Waals surface area contributed by atoms with Crippen LogP contribution in [0.4, 0.5) is 0 Å². The van der Waals surface area contributed by atoms with Crippen LogP contribution in [0.15, 0.2) is 28.7 Å². The van der Waals surface area contributed by atoms with Crippen LogP contribution >= 0.6 is 15.9 Å². The molecular formula is C12H15BrO4S. The Labute approximate surface area is 115 Å². The first-order chi connectivity index (χ1) is 8.28. The second-order valence-electron chi connectivity index (χ2n) is 4.29. The number of carboxylic acids is 1. The van der Waals surface area contributed by atoms with Crippen molar-refractivity contribution in [1.82, 2.24) is 0 Å². The Kier molecular flexibility index (Phi) is 5.34. The molecule has 0 aliphatic heterocycles. The van der Waals surface area contributed by atoms with Gasteiger partial charge in [0.15, 0.2) is 0 Å². The third kappa shape index (κ3) is 5.64. The molecule has 1 aromatic rings. The Morgan fingerprint density at radius 1 is 1.44 bits per heavy atom. The number of hydrogen-bond donors (Lipinski definition) is 1. The average molecular weight is 335 g/mol. The van der Waals surface area contributed by atoms with E-state index < -0.39 is 21.7 Å². The van der Waals surface area contributed by atoms with Gasteiger partial charge >= 0.3 is 5.97 Å². The lowest BCUT2D eigenvalue weighted by atomic mass is 9.97. The molecule has 0 radical (unpaired) electrons. The monoisotopic (exact) mass is 334 g/mol. The minimum absolute atomic E-state index is 0.0992. The molecule has 1 rings (SSSR count). The van der Waals surface area contributed by atoms with Gasteiger partial charge in [-0.25, -0.2) is 8.42 Å². The van der Waals surface area contributed by atoms with Gasteiger partial charge in [0, 0.05) is 10.7 Å². The van der Waals surface area contributed by atoms with E-state index in [4.69, 9.17) is 5.11 Å². The highest BCUT2D eigenvalue weighted by atomic mass is 79.9. The molecule has 0 aromatic heterocycles. The number of carbonyl (C=O) groups is 1. The van der Waals surface area contributed by atoms with E-state index in [9.17, 15) is 13.2 Å². The van der Waals surface area contributed by atoms with Crippen molar-refractivity contribution in [1.29, 1.82) is 0 Å². The van der Waals surface area contributed by atoms with E-state index in [0.29, 0.717) is 6.42 Å². The van der Waals surface area contributed by atoms with Gasteiger partial charge in [0.05, 0.1) is 11.7 Å². The number of halogens is 1. The SMILES string of the molecule is CS(=O)(=O)CC[C@@H](Cc1cccc(Br)c1)C(=O)O. The van der Waals surface area contributed by atoms with Crippen LogP contribution in [0.25, 0.3) is 0 Å². The molecule has 6 heteroatoms. The van der Waals surface area contributed by atoms with Gasteiger partial charge in [0.1, 0.15) is 9.84 Å². The van der Waals surface area contributed by atoms with Crippen molar-refractivity contribution in [3.8, 4) is 0 Å². The summed E-state index contributed by atoms with van der Waals surface area (Å²) in [6.07, 6.45) is 1.59. The van der Waals surface area contributed by atoms with Crippen molar-refractivity contribution in [3.63, 3.8) is 0 Å². The van der Waals surface area contributed by atoms with E-state index in [0.717, 1.165) is 16.3 Å². The van der Waals surface area contributed by atoms with E-state index >= 15 is 0 Å². The summed E-state index contributed by atoms with van der Waals surface area (Å²) in [6, 6.07) is 7.36. The lowest BCUT2D eigenvalue weighted by molar-refractivity contribution is -0.141. The van der Waals surface area contributed by atoms with Gasteiger partial charge in [-0.3, -0.25) is 4.79 Å². The molecule has 100 valence electrons. The first-order valence-electron chi connectivity index (χ1n) is 5.43. The van der Waals surface area contributed by atoms with Gasteiger partial charge in [-0.15, -0.1) is 0 Å². The number of benzene rings is 1. The Bertz CT molecular complexity index is 525. The largest absolute Gasteiger partial charge is 0.481 e. The highest BCUT2D eigenvalue weighted by Gasteiger charge is 2.20. The molecule has 0 heterocycles. The van der Waals surface area contributed by atoms with Crippen LogP contribution in [0, 0.1) is 5.92 Å². The summed E-state index contributed by atoms with van der Waals surface area (Å²) in [5, 5.41) is 9.09. The molecule has 1 aromatic carbocycles. The highest BCUT2D eigenvalue weighted by molar-refractivity contribution is 9.10. The molecule has 0 fully saturated rings. The van der Waals surface area contributed by atoms with Gasteiger partial charge in [-0.2, -0.15) is 0 Å². The van der Waals surface area contributed by atoms with E-state index in [1.165, 1.54) is 0 Å². The summed E-state index contributed by atoms with van der Waals surface area (Å²) in [7, 11) is -3.13. The summed E-state index contributed by atoms with van der Waals surface area (Å²) in [6.45, 7) is 0. The van der Waals surface area contributed by atoms with Crippen molar-refractivity contribution in [2.45, 2.75) is 12.8 Å². The number of sulfone groups is 1. The molecule has 0 unspecified atom stereocenters. The van der Waals surface area contributed by atoms with E-state index in [-0.39, 0.29) is 12.2 Å². The summed E-state index contributed by atoms with van der Waals surface area (Å²) in [5.74, 6) is -1.73. The van der Waals surface area contributed by atoms with Gasteiger partial charge in [-0.05, 0) is 30.5 Å². The maximum Gasteiger partial charge on any atom is 0.306 e. The summed E-state index contributed by atoms with van der Waals surface area (Å²) in [5.41, 5.74) is 0.880. The predicted molar refractivity (Wildman–Crippen MR) is 73.3 cm³/mol. The van der Waals surface area contributed by atoms with Gasteiger partial charge in [-0.1, -0.05) is 28.1 Å². The van der Waals surface area contributed by atoms with Crippen LogP contribution in [-0.2, 0) is 21.1 Å². The second kappa shape index (κ2) is 6.33. The third-order valence-corrected chi connectivity index (χ3v) is 4.03. The van der Waals surface area contributed by atoms with E-state index in [2.05, 4.69) is 15.9 Å². The maximum atomic E-state index is 11.1. The molecule has 1 N–H and O–H groups in total. The molecule has 0 aliphatic rings. The minimum Gasteiger partial charge on any atom is -0.481 e. The third-order valence-electron chi connectivity index (χ3n) is 2.56. The Morgan fingerprint density at radius 2 is 2.11 bits per heavy atom. The maximum absolute atomic E-state index is 11.1. The quantitative estimate of drug-likeness (QED) is 0.864. The molecule has 18 heavy (non-hydrogen) atoms. The van der Waals surface area contributed by atoms with Crippen molar-refractivity contribution >= 4 is 31.7 Å². The summed E-state index contributed by atoms with van der Waals surface area (Å²) < 4.78 is 23.0. The molecule has 4 nitrogen and oxygen atoms in total. The molecular weight excluding hydrogens is 320 g/mol. The van der Waals surface area contributed by atoms with E-state index in [1.807, 2.05) is 24.3 Å². The Hall–Kier alpha value is -0.880. The first kappa shape index (κ1) is 15.2. The smallest absolute Gasteiger partial charge is 0.306 e. The van der Waals surface area contributed by atoms with Gasteiger partial charge in [0.25, 0.3) is 0 Å². The minimum atomic E-state index is -3.13. The van der Waals surface area contributed by atoms with Crippen molar-refractivity contribution in [2.75, 3.05) is 12.0 Å². The van der Waals surface area contributed by atoms with Crippen LogP contribution in [0.5, 0.6) is 0 Å². The molecule has 0 spiro atoms. The fourth-order valence-electron chi connectivity index (χ4n) is 1.62. The van der Waals surface area contributed by atoms with Crippen LogP contribution in [0.2, 0.25) is 0 Å². The highest BCUT2D eigenvalue weighted by Crippen LogP contribution is 2.17. The van der Waals surface area contributed by atoms with E-state index in [1.54, 1.807) is 0 Å². The zero-order chi connectivity index (χ0) is 13.8. The van der Waals surface area contributed by atoms with Gasteiger partial charge in [0.2, 0.25) is 0 Å². The number of rotatable bonds is 6. The van der Waals surface area contributed by atoms with Crippen LogP contribution in [0.1, 0.15) is 12.0 Å². The topological polar surface area (TPSA) is 71.4 Å². The average Bonchev–Trinajstić information content (AvgIpc) is 2.22. The zero-order valence-corrected chi connectivity index (χ0v) is 12.4. The summed E-state index contributed by atoms with van der Waals surface area (Å²) in [4.78, 5) is 11.1. The fourth-order valence-corrected chi connectivity index (χ4v) is 2.78. The van der Waals surface area contributed by atoms with Crippen LogP contribution in [0.3, 0.4) is 0 Å². The number of aliphatic carboxylic acids is 1. The second-order valence-corrected chi connectivity index (χ2v) is 7.46. The van der Waals surface area contributed by atoms with Crippen LogP contribution in [-0.4, -0.2) is 31.5 Å². The lowest BCUT2D eigenvalue weighted by Gasteiger charge is -2.11.